The molecule has 2 aromatic rings. The Bertz CT molecular complexity index is 763. The van der Waals surface area contributed by atoms with Gasteiger partial charge in [0.05, 0.1) is 10.7 Å². The Labute approximate surface area is 152 Å². The summed E-state index contributed by atoms with van der Waals surface area (Å²) in [7, 11) is 1.50. The number of nitrogens with one attached hydrogen (secondary N) is 1. The minimum Gasteiger partial charge on any atom is -0.322 e. The Morgan fingerprint density at radius 2 is 1.83 bits per heavy atom. The largest absolute Gasteiger partial charge is 0.436 e. The van der Waals surface area contributed by atoms with Crippen molar-refractivity contribution in [1.82, 2.24) is 5.06 Å². The average molecular weight is 410 g/mol. The molecule has 24 heavy (non-hydrogen) atoms. The van der Waals surface area contributed by atoms with Crippen LogP contribution in [-0.4, -0.2) is 24.0 Å². The summed E-state index contributed by atoms with van der Waals surface area (Å²) in [5.74, 6) is -0.204. The first-order chi connectivity index (χ1) is 11.5. The van der Waals surface area contributed by atoms with Crippen LogP contribution in [0, 0.1) is 0 Å². The van der Waals surface area contributed by atoms with Crippen LogP contribution < -0.4 is 5.32 Å². The third-order valence-electron chi connectivity index (χ3n) is 2.90. The summed E-state index contributed by atoms with van der Waals surface area (Å²) in [6.45, 7) is 0. The molecule has 0 radical (unpaired) electrons. The lowest BCUT2D eigenvalue weighted by molar-refractivity contribution is -0.0271. The highest BCUT2D eigenvalue weighted by atomic mass is 79.9. The van der Waals surface area contributed by atoms with Gasteiger partial charge in [0.2, 0.25) is 0 Å². The zero-order chi connectivity index (χ0) is 17.5. The van der Waals surface area contributed by atoms with Crippen molar-refractivity contribution in [2.75, 3.05) is 12.4 Å². The summed E-state index contributed by atoms with van der Waals surface area (Å²) in [5, 5.41) is 4.04. The number of hydroxylamine groups is 2. The third kappa shape index (κ3) is 5.40. The number of hydrogen-bond donors (Lipinski definition) is 1. The van der Waals surface area contributed by atoms with Crippen molar-refractivity contribution in [1.29, 1.82) is 0 Å². The Kier molecular flexibility index (Phi) is 6.40. The molecular weight excluding hydrogens is 396 g/mol. The lowest BCUT2D eigenvalue weighted by Gasteiger charge is -2.14. The number of rotatable bonds is 5. The Hall–Kier alpha value is -2.31. The van der Waals surface area contributed by atoms with E-state index < -0.39 is 6.09 Å². The second-order valence-electron chi connectivity index (χ2n) is 4.72. The van der Waals surface area contributed by atoms with Gasteiger partial charge in [0.25, 0.3) is 0 Å². The molecule has 0 aliphatic rings. The van der Waals surface area contributed by atoms with Crippen molar-refractivity contribution in [3.63, 3.8) is 0 Å². The number of benzene rings is 2. The predicted molar refractivity (Wildman–Crippen MR) is 96.9 cm³/mol. The number of amides is 1. The van der Waals surface area contributed by atoms with Gasteiger partial charge in [-0.2, -0.15) is 0 Å². The maximum atomic E-state index is 12.0. The van der Waals surface area contributed by atoms with E-state index in [-0.39, 0.29) is 5.78 Å². The highest BCUT2D eigenvalue weighted by Gasteiger charge is 2.08. The second-order valence-corrected chi connectivity index (χ2v) is 6.04. The first-order valence-corrected chi connectivity index (χ1v) is 8.07. The quantitative estimate of drug-likeness (QED) is 0.434. The number of nitrogens with zero attached hydrogens (tertiary/aromatic N) is 1. The normalized spacial score (nSPS) is 10.5. The van der Waals surface area contributed by atoms with Gasteiger partial charge >= 0.3 is 6.09 Å². The van der Waals surface area contributed by atoms with Crippen LogP contribution in [0.2, 0.25) is 5.02 Å². The summed E-state index contributed by atoms with van der Waals surface area (Å²) in [6, 6.07) is 13.7. The molecule has 1 N–H and O–H groups in total. The molecular formula is C17H14BrClN2O3. The van der Waals surface area contributed by atoms with Gasteiger partial charge in [-0.1, -0.05) is 39.7 Å². The van der Waals surface area contributed by atoms with Crippen LogP contribution in [-0.2, 0) is 4.84 Å². The van der Waals surface area contributed by atoms with Gasteiger partial charge < -0.3 is 4.84 Å². The van der Waals surface area contributed by atoms with Crippen molar-refractivity contribution in [3.8, 4) is 0 Å². The molecule has 0 aromatic heterocycles. The molecule has 0 fully saturated rings. The first kappa shape index (κ1) is 18.0. The highest BCUT2D eigenvalue weighted by molar-refractivity contribution is 9.10. The van der Waals surface area contributed by atoms with E-state index in [4.69, 9.17) is 16.4 Å². The maximum absolute atomic E-state index is 12.0. The smallest absolute Gasteiger partial charge is 0.322 e. The fourth-order valence-electron chi connectivity index (χ4n) is 1.74. The molecule has 0 atom stereocenters. The van der Waals surface area contributed by atoms with Crippen LogP contribution in [0.25, 0.3) is 0 Å². The zero-order valence-corrected chi connectivity index (χ0v) is 15.0. The van der Waals surface area contributed by atoms with Gasteiger partial charge in [-0.3, -0.25) is 10.1 Å². The molecule has 0 aliphatic carbocycles. The number of hydrogen-bond acceptors (Lipinski definition) is 4. The number of carbonyl (C=O) groups excluding carboxylic acids is 2. The molecule has 124 valence electrons. The van der Waals surface area contributed by atoms with E-state index in [0.717, 1.165) is 9.54 Å². The number of para-hydroxylation sites is 1. The zero-order valence-electron chi connectivity index (χ0n) is 12.7. The molecule has 2 rings (SSSR count). The van der Waals surface area contributed by atoms with E-state index in [2.05, 4.69) is 21.2 Å². The van der Waals surface area contributed by atoms with Gasteiger partial charge in [0.1, 0.15) is 0 Å². The molecule has 1 amide bonds. The van der Waals surface area contributed by atoms with E-state index >= 15 is 0 Å². The fraction of sp³-hybridized carbons (Fsp3) is 0.0588. The topological polar surface area (TPSA) is 58.6 Å². The van der Waals surface area contributed by atoms with Crippen molar-refractivity contribution in [2.24, 2.45) is 0 Å². The van der Waals surface area contributed by atoms with E-state index in [0.29, 0.717) is 16.3 Å². The molecule has 0 saturated carbocycles. The molecule has 0 bridgehead atoms. The van der Waals surface area contributed by atoms with Crippen LogP contribution in [0.4, 0.5) is 10.5 Å². The van der Waals surface area contributed by atoms with E-state index in [1.165, 1.54) is 19.3 Å². The number of allylic oxidation sites excluding steroid dienone is 1. The molecule has 7 heteroatoms. The predicted octanol–water partition coefficient (Wildman–Crippen LogP) is 4.89. The Balaban J connectivity index is 1.89. The Morgan fingerprint density at radius 3 is 2.50 bits per heavy atom. The standard InChI is InChI=1S/C17H14BrClN2O3/c1-21(11-10-16(22)12-6-8-13(18)9-7-12)24-17(23)20-15-5-3-2-4-14(15)19/h2-11H,1H3,(H,20,23)/b11-10+. The maximum Gasteiger partial charge on any atom is 0.436 e. The highest BCUT2D eigenvalue weighted by Crippen LogP contribution is 2.20. The monoisotopic (exact) mass is 408 g/mol. The molecule has 0 aliphatic heterocycles. The SMILES string of the molecule is CN(/C=C/C(=O)c1ccc(Br)cc1)OC(=O)Nc1ccccc1Cl. The van der Waals surface area contributed by atoms with Crippen molar-refractivity contribution in [3.05, 3.63) is 75.9 Å². The van der Waals surface area contributed by atoms with E-state index in [9.17, 15) is 9.59 Å². The summed E-state index contributed by atoms with van der Waals surface area (Å²) >= 11 is 9.25. The second kappa shape index (κ2) is 8.52. The molecule has 0 saturated heterocycles. The molecule has 5 nitrogen and oxygen atoms in total. The minimum atomic E-state index is -0.716. The van der Waals surface area contributed by atoms with Crippen molar-refractivity contribution < 1.29 is 14.4 Å². The number of ketones is 1. The van der Waals surface area contributed by atoms with Gasteiger partial charge in [0.15, 0.2) is 5.78 Å². The molecule has 0 heterocycles. The number of anilines is 1. The van der Waals surface area contributed by atoms with Crippen LogP contribution in [0.3, 0.4) is 0 Å². The summed E-state index contributed by atoms with van der Waals surface area (Å²) in [5.41, 5.74) is 0.968. The van der Waals surface area contributed by atoms with E-state index in [1.54, 1.807) is 48.5 Å². The fourth-order valence-corrected chi connectivity index (χ4v) is 2.19. The van der Waals surface area contributed by atoms with E-state index in [1.807, 2.05) is 0 Å². The van der Waals surface area contributed by atoms with Crippen molar-refractivity contribution in [2.45, 2.75) is 0 Å². The lowest BCUT2D eigenvalue weighted by Crippen LogP contribution is -2.22. The van der Waals surface area contributed by atoms with Crippen LogP contribution in [0.5, 0.6) is 0 Å². The summed E-state index contributed by atoms with van der Waals surface area (Å²) < 4.78 is 0.889. The van der Waals surface area contributed by atoms with Crippen LogP contribution in [0.1, 0.15) is 10.4 Å². The first-order valence-electron chi connectivity index (χ1n) is 6.90. The molecule has 0 unspecified atom stereocenters. The number of halogens is 2. The van der Waals surface area contributed by atoms with Crippen LogP contribution in [0.15, 0.2) is 65.3 Å². The van der Waals surface area contributed by atoms with Gasteiger partial charge in [-0.15, -0.1) is 0 Å². The van der Waals surface area contributed by atoms with Gasteiger partial charge in [-0.25, -0.2) is 9.86 Å². The summed E-state index contributed by atoms with van der Waals surface area (Å²) in [4.78, 5) is 28.7. The minimum absolute atomic E-state index is 0.204. The molecule has 0 spiro atoms. The number of carbonyl (C=O) groups is 2. The van der Waals surface area contributed by atoms with Gasteiger partial charge in [-0.05, 0) is 36.4 Å². The van der Waals surface area contributed by atoms with Gasteiger partial charge in [0, 0.05) is 29.4 Å². The third-order valence-corrected chi connectivity index (χ3v) is 3.76. The summed E-state index contributed by atoms with van der Waals surface area (Å²) in [6.07, 6.45) is 1.95. The average Bonchev–Trinajstić information content (AvgIpc) is 2.55. The molecule has 2 aromatic carbocycles. The van der Waals surface area contributed by atoms with Crippen molar-refractivity contribution >= 4 is 45.1 Å². The van der Waals surface area contributed by atoms with Crippen LogP contribution >= 0.6 is 27.5 Å². The Morgan fingerprint density at radius 1 is 1.17 bits per heavy atom. The lowest BCUT2D eigenvalue weighted by atomic mass is 10.1.